The van der Waals surface area contributed by atoms with Crippen LogP contribution in [0.1, 0.15) is 25.7 Å². The number of ether oxygens (including phenoxy) is 1. The van der Waals surface area contributed by atoms with Gasteiger partial charge >= 0.3 is 6.09 Å². The number of nitrogens with zero attached hydrogens (tertiary/aromatic N) is 3. The van der Waals surface area contributed by atoms with Crippen LogP contribution in [0.4, 0.5) is 15.7 Å². The molecule has 5 rings (SSSR count). The number of hydrogen-bond acceptors (Lipinski definition) is 6. The maximum Gasteiger partial charge on any atom is 0.416 e. The van der Waals surface area contributed by atoms with Crippen molar-refractivity contribution in [1.82, 2.24) is 9.97 Å². The number of anilines is 2. The van der Waals surface area contributed by atoms with Crippen molar-refractivity contribution < 1.29 is 9.53 Å². The summed E-state index contributed by atoms with van der Waals surface area (Å²) in [4.78, 5) is 23.0. The molecule has 6 nitrogen and oxygen atoms in total. The average Bonchev–Trinajstić information content (AvgIpc) is 3.29. The van der Waals surface area contributed by atoms with Crippen LogP contribution in [0.15, 0.2) is 48.7 Å². The summed E-state index contributed by atoms with van der Waals surface area (Å²) < 4.78 is 7.03. The fourth-order valence-corrected chi connectivity index (χ4v) is 5.03. The van der Waals surface area contributed by atoms with Crippen LogP contribution < -0.4 is 10.2 Å². The Bertz CT molecular complexity index is 949. The predicted octanol–water partition coefficient (Wildman–Crippen LogP) is 4.69. The van der Waals surface area contributed by atoms with Crippen LogP contribution in [0.2, 0.25) is 0 Å². The molecule has 1 N–H and O–H groups in total. The van der Waals surface area contributed by atoms with Gasteiger partial charge in [0.15, 0.2) is 5.13 Å². The van der Waals surface area contributed by atoms with E-state index in [1.165, 1.54) is 4.70 Å². The molecule has 2 aliphatic rings. The Balaban J connectivity index is 1.18. The van der Waals surface area contributed by atoms with Gasteiger partial charge in [-0.3, -0.25) is 4.90 Å². The molecule has 144 valence electrons. The highest BCUT2D eigenvalue weighted by molar-refractivity contribution is 7.22. The second-order valence-corrected chi connectivity index (χ2v) is 8.67. The number of nitrogens with one attached hydrogen (secondary N) is 1. The van der Waals surface area contributed by atoms with Crippen LogP contribution in [0.5, 0.6) is 0 Å². The number of amides is 1. The molecule has 2 fully saturated rings. The monoisotopic (exact) mass is 394 g/mol. The smallest absolute Gasteiger partial charge is 0.416 e. The lowest BCUT2D eigenvalue weighted by Crippen LogP contribution is -2.39. The minimum atomic E-state index is -0.360. The molecule has 3 aromatic rings. The molecule has 1 spiro atoms. The molecule has 7 heteroatoms. The van der Waals surface area contributed by atoms with Gasteiger partial charge in [0.1, 0.15) is 11.4 Å². The van der Waals surface area contributed by atoms with Crippen LogP contribution in [0.25, 0.3) is 10.2 Å². The minimum Gasteiger partial charge on any atom is -0.441 e. The summed E-state index contributed by atoms with van der Waals surface area (Å²) in [5, 5.41) is 4.49. The molecule has 1 amide bonds. The lowest BCUT2D eigenvalue weighted by molar-refractivity contribution is 0.0148. The minimum absolute atomic E-state index is 0.273. The maximum atomic E-state index is 12.4. The third kappa shape index (κ3) is 3.30. The van der Waals surface area contributed by atoms with Gasteiger partial charge in [-0.05, 0) is 55.9 Å². The Kier molecular flexibility index (Phi) is 4.39. The first-order chi connectivity index (χ1) is 13.7. The highest BCUT2D eigenvalue weighted by atomic mass is 32.1. The van der Waals surface area contributed by atoms with E-state index in [4.69, 9.17) is 4.74 Å². The van der Waals surface area contributed by atoms with E-state index >= 15 is 0 Å². The first-order valence-electron chi connectivity index (χ1n) is 9.72. The van der Waals surface area contributed by atoms with E-state index in [9.17, 15) is 4.79 Å². The third-order valence-corrected chi connectivity index (χ3v) is 6.74. The van der Waals surface area contributed by atoms with E-state index in [1.54, 1.807) is 22.4 Å². The number of benzene rings is 1. The third-order valence-electron chi connectivity index (χ3n) is 5.75. The van der Waals surface area contributed by atoms with E-state index in [0.717, 1.165) is 42.9 Å². The topological polar surface area (TPSA) is 67.3 Å². The summed E-state index contributed by atoms with van der Waals surface area (Å²) in [6.07, 6.45) is 5.31. The Labute approximate surface area is 167 Å². The molecule has 2 aromatic heterocycles. The number of fused-ring (bicyclic) bond motifs is 1. The van der Waals surface area contributed by atoms with Crippen molar-refractivity contribution in [2.45, 2.75) is 31.3 Å². The van der Waals surface area contributed by atoms with Crippen LogP contribution in [-0.4, -0.2) is 34.8 Å². The molecule has 1 aliphatic carbocycles. The van der Waals surface area contributed by atoms with Gasteiger partial charge < -0.3 is 10.1 Å². The van der Waals surface area contributed by atoms with Crippen molar-refractivity contribution in [2.75, 3.05) is 23.3 Å². The van der Waals surface area contributed by atoms with Gasteiger partial charge in [-0.25, -0.2) is 14.8 Å². The molecule has 1 aliphatic heterocycles. The largest absolute Gasteiger partial charge is 0.441 e. The van der Waals surface area contributed by atoms with Crippen LogP contribution in [0.3, 0.4) is 0 Å². The van der Waals surface area contributed by atoms with Crippen molar-refractivity contribution in [3.63, 3.8) is 0 Å². The van der Waals surface area contributed by atoms with E-state index in [-0.39, 0.29) is 11.7 Å². The van der Waals surface area contributed by atoms with Crippen LogP contribution in [-0.2, 0) is 4.74 Å². The second-order valence-electron chi connectivity index (χ2n) is 7.64. The van der Waals surface area contributed by atoms with E-state index in [2.05, 4.69) is 21.4 Å². The summed E-state index contributed by atoms with van der Waals surface area (Å²) in [6.45, 7) is 1.51. The van der Waals surface area contributed by atoms with E-state index in [1.807, 2.05) is 36.4 Å². The summed E-state index contributed by atoms with van der Waals surface area (Å²) in [5.74, 6) is 1.24. The molecule has 1 saturated heterocycles. The number of aromatic nitrogens is 2. The highest BCUT2D eigenvalue weighted by Gasteiger charge is 2.47. The molecule has 0 unspecified atom stereocenters. The zero-order valence-corrected chi connectivity index (χ0v) is 16.3. The van der Waals surface area contributed by atoms with Crippen molar-refractivity contribution >= 4 is 38.6 Å². The quantitative estimate of drug-likeness (QED) is 0.695. The first kappa shape index (κ1) is 17.4. The van der Waals surface area contributed by atoms with E-state index in [0.29, 0.717) is 18.3 Å². The number of thiazole rings is 1. The van der Waals surface area contributed by atoms with Gasteiger partial charge in [0.05, 0.1) is 16.8 Å². The average molecular weight is 395 g/mol. The van der Waals surface area contributed by atoms with E-state index < -0.39 is 0 Å². The van der Waals surface area contributed by atoms with Gasteiger partial charge in [0, 0.05) is 12.7 Å². The number of carbonyl (C=O) groups is 1. The Morgan fingerprint density at radius 2 is 2.00 bits per heavy atom. The zero-order chi connectivity index (χ0) is 19.0. The summed E-state index contributed by atoms with van der Waals surface area (Å²) in [5.41, 5.74) is 0.686. The number of rotatable bonds is 4. The molecule has 1 saturated carbocycles. The van der Waals surface area contributed by atoms with Crippen LogP contribution >= 0.6 is 11.3 Å². The molecular weight excluding hydrogens is 372 g/mol. The standard InChI is InChI=1S/C21H22N4O2S/c26-20-25(18-7-3-4-12-22-18)14-21(27-20)10-8-15(9-11-21)13-23-19-24-16-5-1-2-6-17(16)28-19/h1-7,12,15H,8-11,13-14H2,(H,23,24). The van der Waals surface area contributed by atoms with Crippen molar-refractivity contribution in [1.29, 1.82) is 0 Å². The molecular formula is C21H22N4O2S. The molecule has 1 aromatic carbocycles. The van der Waals surface area contributed by atoms with Crippen molar-refractivity contribution in [2.24, 2.45) is 5.92 Å². The Morgan fingerprint density at radius 1 is 1.18 bits per heavy atom. The van der Waals surface area contributed by atoms with Gasteiger partial charge in [-0.1, -0.05) is 29.5 Å². The lowest BCUT2D eigenvalue weighted by atomic mass is 9.78. The summed E-state index contributed by atoms with van der Waals surface area (Å²) in [7, 11) is 0. The number of carbonyl (C=O) groups excluding carboxylic acids is 1. The second kappa shape index (κ2) is 7.05. The molecule has 0 atom stereocenters. The Hall–Kier alpha value is -2.67. The lowest BCUT2D eigenvalue weighted by Gasteiger charge is -2.35. The number of pyridine rings is 1. The number of hydrogen-bond donors (Lipinski definition) is 1. The molecule has 3 heterocycles. The SMILES string of the molecule is O=C1OC2(CCC(CNc3nc4ccccc4s3)CC2)CN1c1ccccn1. The predicted molar refractivity (Wildman–Crippen MR) is 111 cm³/mol. The summed E-state index contributed by atoms with van der Waals surface area (Å²) in [6, 6.07) is 13.8. The fraction of sp³-hybridized carbons (Fsp3) is 0.381. The fourth-order valence-electron chi connectivity index (χ4n) is 4.16. The maximum absolute atomic E-state index is 12.4. The molecule has 0 bridgehead atoms. The van der Waals surface area contributed by atoms with Gasteiger partial charge in [0.25, 0.3) is 0 Å². The van der Waals surface area contributed by atoms with Crippen molar-refractivity contribution in [3.05, 3.63) is 48.7 Å². The number of para-hydroxylation sites is 1. The van der Waals surface area contributed by atoms with Gasteiger partial charge in [-0.2, -0.15) is 0 Å². The van der Waals surface area contributed by atoms with Gasteiger partial charge in [0.2, 0.25) is 0 Å². The Morgan fingerprint density at radius 3 is 2.79 bits per heavy atom. The van der Waals surface area contributed by atoms with Crippen molar-refractivity contribution in [3.8, 4) is 0 Å². The molecule has 0 radical (unpaired) electrons. The van der Waals surface area contributed by atoms with Gasteiger partial charge in [-0.15, -0.1) is 0 Å². The first-order valence-corrected chi connectivity index (χ1v) is 10.5. The zero-order valence-electron chi connectivity index (χ0n) is 15.5. The summed E-state index contributed by atoms with van der Waals surface area (Å²) >= 11 is 1.70. The van der Waals surface area contributed by atoms with Crippen LogP contribution in [0, 0.1) is 5.92 Å². The molecule has 28 heavy (non-hydrogen) atoms. The normalized spacial score (nSPS) is 24.6. The highest BCUT2D eigenvalue weighted by Crippen LogP contribution is 2.40.